The summed E-state index contributed by atoms with van der Waals surface area (Å²) in [5.41, 5.74) is 2.35. The van der Waals surface area contributed by atoms with Gasteiger partial charge in [0.05, 0.1) is 12.2 Å². The molecule has 0 aliphatic carbocycles. The number of aromatic nitrogens is 2. The summed E-state index contributed by atoms with van der Waals surface area (Å²) in [5.74, 6) is 0.145. The third-order valence-electron chi connectivity index (χ3n) is 3.23. The first-order valence-electron chi connectivity index (χ1n) is 6.27. The van der Waals surface area contributed by atoms with Crippen molar-refractivity contribution >= 4 is 18.3 Å². The number of H-pyrrole nitrogens is 1. The van der Waals surface area contributed by atoms with Crippen molar-refractivity contribution in [2.45, 2.75) is 38.6 Å². The van der Waals surface area contributed by atoms with Crippen LogP contribution in [0.15, 0.2) is 6.20 Å². The number of aromatic amines is 1. The van der Waals surface area contributed by atoms with E-state index in [0.29, 0.717) is 0 Å². The fourth-order valence-corrected chi connectivity index (χ4v) is 2.15. The highest BCUT2D eigenvalue weighted by Crippen LogP contribution is 2.06. The highest BCUT2D eigenvalue weighted by atomic mass is 35.5. The minimum absolute atomic E-state index is 0. The van der Waals surface area contributed by atoms with Gasteiger partial charge in [-0.05, 0) is 44.7 Å². The van der Waals surface area contributed by atoms with E-state index in [1.165, 1.54) is 5.56 Å². The molecule has 1 aromatic heterocycles. The molecular formula is C12H21ClN4O. The van der Waals surface area contributed by atoms with Crippen molar-refractivity contribution in [3.63, 3.8) is 0 Å². The fraction of sp³-hybridized carbons (Fsp3) is 0.667. The molecule has 2 heterocycles. The number of nitrogens with one attached hydrogen (secondary N) is 3. The van der Waals surface area contributed by atoms with Crippen LogP contribution in [0.25, 0.3) is 0 Å². The fourth-order valence-electron chi connectivity index (χ4n) is 2.15. The Labute approximate surface area is 114 Å². The summed E-state index contributed by atoms with van der Waals surface area (Å²) >= 11 is 0. The molecule has 1 atom stereocenters. The van der Waals surface area contributed by atoms with Crippen molar-refractivity contribution in [3.05, 3.63) is 17.5 Å². The SMILES string of the molecule is Cc1[nH]ncc1CCCNC(=O)C1CCCN1.Cl. The summed E-state index contributed by atoms with van der Waals surface area (Å²) in [5, 5.41) is 13.1. The number of nitrogens with zero attached hydrogens (tertiary/aromatic N) is 1. The quantitative estimate of drug-likeness (QED) is 0.699. The largest absolute Gasteiger partial charge is 0.355 e. The zero-order chi connectivity index (χ0) is 12.1. The number of aryl methyl sites for hydroxylation is 2. The van der Waals surface area contributed by atoms with E-state index in [4.69, 9.17) is 0 Å². The number of halogens is 1. The Morgan fingerprint density at radius 2 is 2.44 bits per heavy atom. The van der Waals surface area contributed by atoms with E-state index < -0.39 is 0 Å². The molecule has 0 bridgehead atoms. The van der Waals surface area contributed by atoms with Crippen LogP contribution in [0.4, 0.5) is 0 Å². The first-order valence-corrected chi connectivity index (χ1v) is 6.27. The zero-order valence-corrected chi connectivity index (χ0v) is 11.5. The van der Waals surface area contributed by atoms with Gasteiger partial charge in [-0.2, -0.15) is 5.10 Å². The van der Waals surface area contributed by atoms with Crippen molar-refractivity contribution in [1.29, 1.82) is 0 Å². The summed E-state index contributed by atoms with van der Waals surface area (Å²) in [6.45, 7) is 3.72. The zero-order valence-electron chi connectivity index (χ0n) is 10.7. The Balaban J connectivity index is 0.00000162. The molecule has 2 rings (SSSR count). The molecule has 0 radical (unpaired) electrons. The van der Waals surface area contributed by atoms with Gasteiger partial charge in [0, 0.05) is 12.2 Å². The van der Waals surface area contributed by atoms with Gasteiger partial charge < -0.3 is 10.6 Å². The Morgan fingerprint density at radius 3 is 3.06 bits per heavy atom. The Kier molecular flexibility index (Phi) is 6.15. The van der Waals surface area contributed by atoms with Crippen LogP contribution in [-0.4, -0.2) is 35.2 Å². The molecular weight excluding hydrogens is 252 g/mol. The standard InChI is InChI=1S/C12H20N4O.ClH/c1-9-10(8-15-16-9)4-2-7-14-12(17)11-5-3-6-13-11;/h8,11,13H,2-7H2,1H3,(H,14,17)(H,15,16);1H. The predicted molar refractivity (Wildman–Crippen MR) is 72.9 cm³/mol. The van der Waals surface area contributed by atoms with Gasteiger partial charge in [-0.3, -0.25) is 9.89 Å². The van der Waals surface area contributed by atoms with Crippen LogP contribution in [0, 0.1) is 6.92 Å². The molecule has 1 aliphatic rings. The molecule has 1 aromatic rings. The second-order valence-electron chi connectivity index (χ2n) is 4.56. The number of carbonyl (C=O) groups excluding carboxylic acids is 1. The van der Waals surface area contributed by atoms with Crippen molar-refractivity contribution in [2.24, 2.45) is 0 Å². The van der Waals surface area contributed by atoms with E-state index in [0.717, 1.165) is 44.5 Å². The van der Waals surface area contributed by atoms with Crippen molar-refractivity contribution in [3.8, 4) is 0 Å². The van der Waals surface area contributed by atoms with E-state index in [9.17, 15) is 4.79 Å². The lowest BCUT2D eigenvalue weighted by Crippen LogP contribution is -2.40. The van der Waals surface area contributed by atoms with Crippen molar-refractivity contribution in [1.82, 2.24) is 20.8 Å². The number of hydrogen-bond donors (Lipinski definition) is 3. The molecule has 6 heteroatoms. The normalized spacial score (nSPS) is 18.4. The molecule has 1 saturated heterocycles. The Bertz CT molecular complexity index is 374. The van der Waals surface area contributed by atoms with Gasteiger partial charge >= 0.3 is 0 Å². The van der Waals surface area contributed by atoms with Crippen molar-refractivity contribution < 1.29 is 4.79 Å². The number of carbonyl (C=O) groups is 1. The predicted octanol–water partition coefficient (Wildman–Crippen LogP) is 0.941. The van der Waals surface area contributed by atoms with Crippen LogP contribution in [0.2, 0.25) is 0 Å². The molecule has 0 aromatic carbocycles. The first kappa shape index (κ1) is 15.0. The highest BCUT2D eigenvalue weighted by Gasteiger charge is 2.21. The van der Waals surface area contributed by atoms with Crippen LogP contribution in [0.1, 0.15) is 30.5 Å². The van der Waals surface area contributed by atoms with Crippen LogP contribution in [0.3, 0.4) is 0 Å². The monoisotopic (exact) mass is 272 g/mol. The molecule has 18 heavy (non-hydrogen) atoms. The van der Waals surface area contributed by atoms with Gasteiger partial charge in [-0.15, -0.1) is 12.4 Å². The van der Waals surface area contributed by atoms with Crippen LogP contribution < -0.4 is 10.6 Å². The van der Waals surface area contributed by atoms with E-state index in [1.54, 1.807) is 0 Å². The van der Waals surface area contributed by atoms with Gasteiger partial charge in [0.25, 0.3) is 0 Å². The molecule has 5 nitrogen and oxygen atoms in total. The van der Waals surface area contributed by atoms with Crippen molar-refractivity contribution in [2.75, 3.05) is 13.1 Å². The van der Waals surface area contributed by atoms with Gasteiger partial charge in [0.15, 0.2) is 0 Å². The maximum Gasteiger partial charge on any atom is 0.237 e. The smallest absolute Gasteiger partial charge is 0.237 e. The average Bonchev–Trinajstić information content (AvgIpc) is 2.96. The van der Waals surface area contributed by atoms with Gasteiger partial charge in [0.1, 0.15) is 0 Å². The van der Waals surface area contributed by atoms with E-state index in [1.807, 2.05) is 13.1 Å². The van der Waals surface area contributed by atoms with Crippen LogP contribution >= 0.6 is 12.4 Å². The summed E-state index contributed by atoms with van der Waals surface area (Å²) in [4.78, 5) is 11.7. The topological polar surface area (TPSA) is 69.8 Å². The molecule has 1 amide bonds. The molecule has 3 N–H and O–H groups in total. The number of hydrogen-bond acceptors (Lipinski definition) is 3. The van der Waals surface area contributed by atoms with Gasteiger partial charge in [-0.1, -0.05) is 0 Å². The molecule has 1 unspecified atom stereocenters. The average molecular weight is 273 g/mol. The van der Waals surface area contributed by atoms with Crippen LogP contribution in [0.5, 0.6) is 0 Å². The lowest BCUT2D eigenvalue weighted by molar-refractivity contribution is -0.122. The van der Waals surface area contributed by atoms with Gasteiger partial charge in [-0.25, -0.2) is 0 Å². The second-order valence-corrected chi connectivity index (χ2v) is 4.56. The first-order chi connectivity index (χ1) is 8.27. The third-order valence-corrected chi connectivity index (χ3v) is 3.23. The maximum atomic E-state index is 11.7. The Morgan fingerprint density at radius 1 is 1.61 bits per heavy atom. The number of amides is 1. The molecule has 1 fully saturated rings. The summed E-state index contributed by atoms with van der Waals surface area (Å²) < 4.78 is 0. The minimum atomic E-state index is 0. The van der Waals surface area contributed by atoms with E-state index in [-0.39, 0.29) is 24.4 Å². The molecule has 1 aliphatic heterocycles. The minimum Gasteiger partial charge on any atom is -0.355 e. The van der Waals surface area contributed by atoms with Gasteiger partial charge in [0.2, 0.25) is 5.91 Å². The number of rotatable bonds is 5. The van der Waals surface area contributed by atoms with E-state index >= 15 is 0 Å². The Hall–Kier alpha value is -1.07. The summed E-state index contributed by atoms with van der Waals surface area (Å²) in [6.07, 6.45) is 5.84. The molecule has 102 valence electrons. The highest BCUT2D eigenvalue weighted by molar-refractivity contribution is 5.85. The maximum absolute atomic E-state index is 11.7. The van der Waals surface area contributed by atoms with Crippen LogP contribution in [-0.2, 0) is 11.2 Å². The third kappa shape index (κ3) is 3.99. The molecule has 0 saturated carbocycles. The summed E-state index contributed by atoms with van der Waals surface area (Å²) in [7, 11) is 0. The van der Waals surface area contributed by atoms with E-state index in [2.05, 4.69) is 20.8 Å². The lowest BCUT2D eigenvalue weighted by atomic mass is 10.1. The second kappa shape index (κ2) is 7.38. The molecule has 0 spiro atoms. The summed E-state index contributed by atoms with van der Waals surface area (Å²) in [6, 6.07) is 0.0330. The lowest BCUT2D eigenvalue weighted by Gasteiger charge is -2.10.